The first-order valence-corrected chi connectivity index (χ1v) is 6.11. The van der Waals surface area contributed by atoms with Gasteiger partial charge in [0.15, 0.2) is 0 Å². The molecule has 88 valence electrons. The molecule has 0 aromatic heterocycles. The second-order valence-electron chi connectivity index (χ2n) is 3.16. The molecule has 0 spiro atoms. The number of unbranched alkanes of at least 4 members (excludes halogenated alkanes) is 3. The van der Waals surface area contributed by atoms with Crippen molar-refractivity contribution in [3.05, 3.63) is 0 Å². The Morgan fingerprint density at radius 1 is 0.929 bits per heavy atom. The highest BCUT2D eigenvalue weighted by Gasteiger charge is 1.89. The Labute approximate surface area is 90.4 Å². The standard InChI is InChI=1S/C10H23NO.C2H6/c1-3-8-11-9-6-4-5-7-10-12-2;1-2/h11H,3-10H2,1-2H3;1-2H3. The number of ether oxygens (including phenoxy) is 1. The largest absolute Gasteiger partial charge is 0.385 e. The summed E-state index contributed by atoms with van der Waals surface area (Å²) in [6, 6.07) is 0. The molecule has 0 saturated heterocycles. The van der Waals surface area contributed by atoms with Crippen LogP contribution in [0.2, 0.25) is 0 Å². The molecule has 0 aromatic rings. The number of hydrogen-bond acceptors (Lipinski definition) is 2. The Bertz CT molecular complexity index is 66.7. The van der Waals surface area contributed by atoms with Crippen LogP contribution < -0.4 is 5.32 Å². The Kier molecular flexibility index (Phi) is 21.8. The topological polar surface area (TPSA) is 21.3 Å². The van der Waals surface area contributed by atoms with Gasteiger partial charge in [-0.3, -0.25) is 0 Å². The molecule has 0 fully saturated rings. The predicted octanol–water partition coefficient (Wildman–Crippen LogP) is 3.22. The van der Waals surface area contributed by atoms with Gasteiger partial charge in [-0.05, 0) is 32.4 Å². The van der Waals surface area contributed by atoms with Crippen molar-refractivity contribution in [2.45, 2.75) is 52.9 Å². The van der Waals surface area contributed by atoms with Gasteiger partial charge in [-0.2, -0.15) is 0 Å². The second kappa shape index (κ2) is 18.7. The van der Waals surface area contributed by atoms with Crippen LogP contribution in [0, 0.1) is 0 Å². The quantitative estimate of drug-likeness (QED) is 0.581. The normalized spacial score (nSPS) is 9.43. The molecule has 1 N–H and O–H groups in total. The third-order valence-electron chi connectivity index (χ3n) is 1.88. The van der Waals surface area contributed by atoms with E-state index in [-0.39, 0.29) is 0 Å². The number of rotatable bonds is 9. The molecule has 0 rings (SSSR count). The Hall–Kier alpha value is -0.0800. The number of nitrogens with one attached hydrogen (secondary N) is 1. The van der Waals surface area contributed by atoms with Gasteiger partial charge in [0.05, 0.1) is 0 Å². The number of hydrogen-bond donors (Lipinski definition) is 1. The van der Waals surface area contributed by atoms with E-state index in [4.69, 9.17) is 4.74 Å². The fourth-order valence-corrected chi connectivity index (χ4v) is 1.15. The molecule has 0 aromatic carbocycles. The second-order valence-corrected chi connectivity index (χ2v) is 3.16. The number of methoxy groups -OCH3 is 1. The Morgan fingerprint density at radius 2 is 1.57 bits per heavy atom. The van der Waals surface area contributed by atoms with Gasteiger partial charge in [0.25, 0.3) is 0 Å². The molecule has 0 saturated carbocycles. The summed E-state index contributed by atoms with van der Waals surface area (Å²) in [5.74, 6) is 0. The zero-order chi connectivity index (χ0) is 11.1. The minimum absolute atomic E-state index is 0.919. The van der Waals surface area contributed by atoms with Crippen LogP contribution in [-0.4, -0.2) is 26.8 Å². The molecule has 0 aliphatic rings. The molecular weight excluding hydrogens is 174 g/mol. The van der Waals surface area contributed by atoms with Crippen molar-refractivity contribution >= 4 is 0 Å². The van der Waals surface area contributed by atoms with Crippen molar-refractivity contribution < 1.29 is 4.74 Å². The van der Waals surface area contributed by atoms with Crippen molar-refractivity contribution in [2.24, 2.45) is 0 Å². The van der Waals surface area contributed by atoms with E-state index in [0.717, 1.165) is 13.2 Å². The van der Waals surface area contributed by atoms with Gasteiger partial charge in [-0.1, -0.05) is 33.6 Å². The van der Waals surface area contributed by atoms with E-state index >= 15 is 0 Å². The van der Waals surface area contributed by atoms with Gasteiger partial charge in [0, 0.05) is 13.7 Å². The van der Waals surface area contributed by atoms with Gasteiger partial charge < -0.3 is 10.1 Å². The maximum atomic E-state index is 4.97. The lowest BCUT2D eigenvalue weighted by Gasteiger charge is -2.02. The molecule has 14 heavy (non-hydrogen) atoms. The first-order valence-electron chi connectivity index (χ1n) is 6.11. The van der Waals surface area contributed by atoms with Crippen LogP contribution in [-0.2, 0) is 4.74 Å². The smallest absolute Gasteiger partial charge is 0.0462 e. The van der Waals surface area contributed by atoms with Gasteiger partial charge in [-0.25, -0.2) is 0 Å². The van der Waals surface area contributed by atoms with Gasteiger partial charge in [-0.15, -0.1) is 0 Å². The third kappa shape index (κ3) is 17.9. The highest BCUT2D eigenvalue weighted by atomic mass is 16.5. The van der Waals surface area contributed by atoms with Crippen molar-refractivity contribution in [3.63, 3.8) is 0 Å². The lowest BCUT2D eigenvalue weighted by atomic mass is 10.2. The summed E-state index contributed by atoms with van der Waals surface area (Å²) in [6.07, 6.45) is 6.40. The third-order valence-corrected chi connectivity index (χ3v) is 1.88. The van der Waals surface area contributed by atoms with Crippen molar-refractivity contribution in [1.29, 1.82) is 0 Å². The molecule has 2 nitrogen and oxygen atoms in total. The summed E-state index contributed by atoms with van der Waals surface area (Å²) in [5, 5.41) is 3.39. The van der Waals surface area contributed by atoms with Crippen LogP contribution in [0.3, 0.4) is 0 Å². The average molecular weight is 203 g/mol. The highest BCUT2D eigenvalue weighted by Crippen LogP contribution is 1.98. The van der Waals surface area contributed by atoms with Crippen molar-refractivity contribution in [3.8, 4) is 0 Å². The summed E-state index contributed by atoms with van der Waals surface area (Å²) in [4.78, 5) is 0. The van der Waals surface area contributed by atoms with E-state index in [1.807, 2.05) is 13.8 Å². The molecule has 0 amide bonds. The summed E-state index contributed by atoms with van der Waals surface area (Å²) in [6.45, 7) is 9.47. The van der Waals surface area contributed by atoms with E-state index in [2.05, 4.69) is 12.2 Å². The molecular formula is C12H29NO. The average Bonchev–Trinajstić information content (AvgIpc) is 2.25. The zero-order valence-corrected chi connectivity index (χ0v) is 10.6. The summed E-state index contributed by atoms with van der Waals surface area (Å²) < 4.78 is 4.97. The fraction of sp³-hybridized carbons (Fsp3) is 1.00. The van der Waals surface area contributed by atoms with Gasteiger partial charge in [0.1, 0.15) is 0 Å². The lowest BCUT2D eigenvalue weighted by molar-refractivity contribution is 0.192. The van der Waals surface area contributed by atoms with Crippen LogP contribution in [0.5, 0.6) is 0 Å². The summed E-state index contributed by atoms with van der Waals surface area (Å²) in [5.41, 5.74) is 0. The Morgan fingerprint density at radius 3 is 2.14 bits per heavy atom. The van der Waals surface area contributed by atoms with Crippen LogP contribution >= 0.6 is 0 Å². The molecule has 0 heterocycles. The molecule has 0 radical (unpaired) electrons. The zero-order valence-electron chi connectivity index (χ0n) is 10.6. The monoisotopic (exact) mass is 203 g/mol. The summed E-state index contributed by atoms with van der Waals surface area (Å²) in [7, 11) is 1.77. The first-order chi connectivity index (χ1) is 6.91. The van der Waals surface area contributed by atoms with E-state index < -0.39 is 0 Å². The van der Waals surface area contributed by atoms with E-state index in [9.17, 15) is 0 Å². The molecule has 0 aliphatic carbocycles. The van der Waals surface area contributed by atoms with Crippen LogP contribution in [0.1, 0.15) is 52.9 Å². The van der Waals surface area contributed by atoms with E-state index in [0.29, 0.717) is 0 Å². The minimum Gasteiger partial charge on any atom is -0.385 e. The van der Waals surface area contributed by atoms with Crippen LogP contribution in [0.25, 0.3) is 0 Å². The molecule has 0 atom stereocenters. The Balaban J connectivity index is 0. The highest BCUT2D eigenvalue weighted by molar-refractivity contribution is 4.47. The van der Waals surface area contributed by atoms with Crippen molar-refractivity contribution in [2.75, 3.05) is 26.8 Å². The van der Waals surface area contributed by atoms with Gasteiger partial charge >= 0.3 is 0 Å². The molecule has 0 bridgehead atoms. The lowest BCUT2D eigenvalue weighted by Crippen LogP contribution is -2.15. The molecule has 0 aliphatic heterocycles. The van der Waals surface area contributed by atoms with Crippen LogP contribution in [0.4, 0.5) is 0 Å². The predicted molar refractivity (Wildman–Crippen MR) is 64.9 cm³/mol. The van der Waals surface area contributed by atoms with E-state index in [1.165, 1.54) is 38.6 Å². The van der Waals surface area contributed by atoms with E-state index in [1.54, 1.807) is 7.11 Å². The van der Waals surface area contributed by atoms with Crippen molar-refractivity contribution in [1.82, 2.24) is 5.32 Å². The minimum atomic E-state index is 0.919. The SMILES string of the molecule is CC.CCCNCCCCCCOC. The summed E-state index contributed by atoms with van der Waals surface area (Å²) >= 11 is 0. The first kappa shape index (κ1) is 16.4. The fourth-order valence-electron chi connectivity index (χ4n) is 1.15. The van der Waals surface area contributed by atoms with Crippen LogP contribution in [0.15, 0.2) is 0 Å². The molecule has 2 heteroatoms. The molecule has 0 unspecified atom stereocenters. The maximum Gasteiger partial charge on any atom is 0.0462 e. The maximum absolute atomic E-state index is 4.97. The van der Waals surface area contributed by atoms with Gasteiger partial charge in [0.2, 0.25) is 0 Å².